The highest BCUT2D eigenvalue weighted by Gasteiger charge is 2.28. The molecule has 27 heavy (non-hydrogen) atoms. The fraction of sp³-hybridized carbons (Fsp3) is 0.333. The molecule has 3 rings (SSSR count). The Morgan fingerprint density at radius 1 is 1.07 bits per heavy atom. The zero-order chi connectivity index (χ0) is 19.4. The molecule has 0 aromatic heterocycles. The monoisotopic (exact) mass is 393 g/mol. The lowest BCUT2D eigenvalue weighted by molar-refractivity contribution is -0.384. The molecule has 1 aliphatic rings. The number of sulfonamides is 1. The van der Waals surface area contributed by atoms with Crippen LogP contribution in [0.15, 0.2) is 47.4 Å². The molecule has 0 atom stereocenters. The van der Waals surface area contributed by atoms with Crippen molar-refractivity contribution in [2.75, 3.05) is 18.4 Å². The van der Waals surface area contributed by atoms with E-state index in [-0.39, 0.29) is 28.6 Å². The van der Waals surface area contributed by atoms with E-state index in [0.29, 0.717) is 13.1 Å². The van der Waals surface area contributed by atoms with Crippen LogP contribution in [0.2, 0.25) is 0 Å². The smallest absolute Gasteiger partial charge is 0.293 e. The summed E-state index contributed by atoms with van der Waals surface area (Å²) < 4.78 is 39.8. The molecule has 2 aromatic rings. The van der Waals surface area contributed by atoms with Gasteiger partial charge in [0.25, 0.3) is 5.69 Å². The zero-order valence-corrected chi connectivity index (χ0v) is 15.4. The zero-order valence-electron chi connectivity index (χ0n) is 14.6. The van der Waals surface area contributed by atoms with Gasteiger partial charge in [-0.3, -0.25) is 10.1 Å². The molecule has 0 amide bonds. The number of nitrogens with zero attached hydrogens (tertiary/aromatic N) is 2. The first-order valence-electron chi connectivity index (χ1n) is 8.65. The van der Waals surface area contributed by atoms with E-state index in [2.05, 4.69) is 5.32 Å². The molecule has 0 aliphatic carbocycles. The van der Waals surface area contributed by atoms with Crippen molar-refractivity contribution in [3.63, 3.8) is 0 Å². The highest BCUT2D eigenvalue weighted by Crippen LogP contribution is 2.30. The van der Waals surface area contributed by atoms with Crippen molar-refractivity contribution in [2.45, 2.75) is 30.7 Å². The van der Waals surface area contributed by atoms with Crippen LogP contribution in [0.4, 0.5) is 15.8 Å². The molecular formula is C18H20FN3O4S. The van der Waals surface area contributed by atoms with Crippen molar-refractivity contribution in [2.24, 2.45) is 0 Å². The Morgan fingerprint density at radius 2 is 1.74 bits per heavy atom. The molecule has 9 heteroatoms. The number of hydrogen-bond acceptors (Lipinski definition) is 5. The molecule has 1 heterocycles. The summed E-state index contributed by atoms with van der Waals surface area (Å²) in [5.41, 5.74) is 0.646. The third kappa shape index (κ3) is 4.42. The summed E-state index contributed by atoms with van der Waals surface area (Å²) in [5.74, 6) is -0.364. The van der Waals surface area contributed by atoms with Crippen molar-refractivity contribution in [1.29, 1.82) is 0 Å². The first kappa shape index (κ1) is 19.2. The van der Waals surface area contributed by atoms with Crippen molar-refractivity contribution in [1.82, 2.24) is 4.31 Å². The fourth-order valence-corrected chi connectivity index (χ4v) is 4.56. The van der Waals surface area contributed by atoms with Crippen LogP contribution in [0.25, 0.3) is 0 Å². The van der Waals surface area contributed by atoms with E-state index < -0.39 is 14.9 Å². The number of nitrogens with one attached hydrogen (secondary N) is 1. The summed E-state index contributed by atoms with van der Waals surface area (Å²) >= 11 is 0. The Hall–Kier alpha value is -2.52. The van der Waals surface area contributed by atoms with E-state index in [1.807, 2.05) is 0 Å². The molecule has 7 nitrogen and oxygen atoms in total. The number of benzene rings is 2. The van der Waals surface area contributed by atoms with Crippen LogP contribution in [-0.4, -0.2) is 30.7 Å². The minimum atomic E-state index is -3.75. The molecular weight excluding hydrogens is 373 g/mol. The second-order valence-corrected chi connectivity index (χ2v) is 8.32. The first-order chi connectivity index (χ1) is 12.9. The van der Waals surface area contributed by atoms with Crippen molar-refractivity contribution >= 4 is 21.4 Å². The Bertz CT molecular complexity index is 926. The number of anilines is 1. The molecule has 0 bridgehead atoms. The van der Waals surface area contributed by atoms with Crippen molar-refractivity contribution in [3.05, 3.63) is 64.0 Å². The van der Waals surface area contributed by atoms with Crippen LogP contribution in [0.5, 0.6) is 0 Å². The van der Waals surface area contributed by atoms with Gasteiger partial charge in [-0.1, -0.05) is 18.6 Å². The van der Waals surface area contributed by atoms with Crippen LogP contribution in [0.3, 0.4) is 0 Å². The molecule has 0 radical (unpaired) electrons. The van der Waals surface area contributed by atoms with Crippen molar-refractivity contribution in [3.8, 4) is 0 Å². The molecule has 1 saturated heterocycles. The van der Waals surface area contributed by atoms with Crippen LogP contribution in [-0.2, 0) is 16.6 Å². The molecule has 1 fully saturated rings. The predicted octanol–water partition coefficient (Wildman–Crippen LogP) is 3.52. The van der Waals surface area contributed by atoms with Gasteiger partial charge >= 0.3 is 0 Å². The van der Waals surface area contributed by atoms with E-state index >= 15 is 0 Å². The molecule has 0 spiro atoms. The van der Waals surface area contributed by atoms with E-state index in [9.17, 15) is 22.9 Å². The minimum absolute atomic E-state index is 0.0802. The maximum atomic E-state index is 13.0. The average molecular weight is 393 g/mol. The van der Waals surface area contributed by atoms with Gasteiger partial charge in [0, 0.05) is 25.7 Å². The Labute approximate surface area is 157 Å². The quantitative estimate of drug-likeness (QED) is 0.599. The number of halogens is 1. The van der Waals surface area contributed by atoms with Crippen molar-refractivity contribution < 1.29 is 17.7 Å². The largest absolute Gasteiger partial charge is 0.375 e. The normalized spacial score (nSPS) is 15.4. The van der Waals surface area contributed by atoms with E-state index in [4.69, 9.17) is 0 Å². The standard InChI is InChI=1S/C18H20FN3O4S/c19-15-6-4-14(5-7-15)13-20-17-9-8-16(12-18(17)22(23)24)27(25,26)21-10-2-1-3-11-21/h4-9,12,20H,1-3,10-11,13H2. The van der Waals surface area contributed by atoms with Crippen LogP contribution >= 0.6 is 0 Å². The lowest BCUT2D eigenvalue weighted by Gasteiger charge is -2.25. The van der Waals surface area contributed by atoms with Gasteiger partial charge in [-0.2, -0.15) is 4.31 Å². The molecule has 0 saturated carbocycles. The lowest BCUT2D eigenvalue weighted by Crippen LogP contribution is -2.35. The summed E-state index contributed by atoms with van der Waals surface area (Å²) in [6.07, 6.45) is 2.57. The highest BCUT2D eigenvalue weighted by molar-refractivity contribution is 7.89. The predicted molar refractivity (Wildman–Crippen MR) is 99.4 cm³/mol. The van der Waals surface area contributed by atoms with Gasteiger partial charge in [0.15, 0.2) is 0 Å². The maximum absolute atomic E-state index is 13.0. The second kappa shape index (κ2) is 8.01. The maximum Gasteiger partial charge on any atom is 0.293 e. The van der Waals surface area contributed by atoms with Gasteiger partial charge in [0.05, 0.1) is 9.82 Å². The number of nitro benzene ring substituents is 1. The number of piperidine rings is 1. The lowest BCUT2D eigenvalue weighted by atomic mass is 10.2. The van der Waals surface area contributed by atoms with E-state index in [1.54, 1.807) is 12.1 Å². The van der Waals surface area contributed by atoms with E-state index in [0.717, 1.165) is 30.9 Å². The fourth-order valence-electron chi connectivity index (χ4n) is 3.03. The van der Waals surface area contributed by atoms with Crippen LogP contribution < -0.4 is 5.32 Å². The topological polar surface area (TPSA) is 92.5 Å². The van der Waals surface area contributed by atoms with Gasteiger partial charge in [-0.25, -0.2) is 12.8 Å². The van der Waals surface area contributed by atoms with Crippen LogP contribution in [0.1, 0.15) is 24.8 Å². The first-order valence-corrected chi connectivity index (χ1v) is 10.1. The number of rotatable bonds is 6. The second-order valence-electron chi connectivity index (χ2n) is 6.38. The SMILES string of the molecule is O=[N+]([O-])c1cc(S(=O)(=O)N2CCCCC2)ccc1NCc1ccc(F)cc1. The molecule has 2 aromatic carbocycles. The summed E-state index contributed by atoms with van der Waals surface area (Å²) in [5, 5.41) is 14.4. The molecule has 144 valence electrons. The summed E-state index contributed by atoms with van der Waals surface area (Å²) in [6.45, 7) is 1.11. The minimum Gasteiger partial charge on any atom is -0.375 e. The summed E-state index contributed by atoms with van der Waals surface area (Å²) in [7, 11) is -3.75. The van der Waals surface area contributed by atoms with Gasteiger partial charge in [0.2, 0.25) is 10.0 Å². The Morgan fingerprint density at radius 3 is 2.37 bits per heavy atom. The Balaban J connectivity index is 1.84. The van der Waals surface area contributed by atoms with Gasteiger partial charge in [-0.15, -0.1) is 0 Å². The van der Waals surface area contributed by atoms with Gasteiger partial charge in [-0.05, 0) is 42.7 Å². The van der Waals surface area contributed by atoms with E-state index in [1.165, 1.54) is 28.6 Å². The Kier molecular flexibility index (Phi) is 5.71. The number of nitro groups is 1. The van der Waals surface area contributed by atoms with Gasteiger partial charge in [0.1, 0.15) is 11.5 Å². The highest BCUT2D eigenvalue weighted by atomic mass is 32.2. The third-order valence-electron chi connectivity index (χ3n) is 4.51. The molecule has 1 N–H and O–H groups in total. The van der Waals surface area contributed by atoms with Gasteiger partial charge < -0.3 is 5.32 Å². The summed E-state index contributed by atoms with van der Waals surface area (Å²) in [6, 6.07) is 9.63. The number of hydrogen-bond donors (Lipinski definition) is 1. The summed E-state index contributed by atoms with van der Waals surface area (Å²) in [4.78, 5) is 10.8. The molecule has 0 unspecified atom stereocenters. The van der Waals surface area contributed by atoms with Crippen LogP contribution in [0, 0.1) is 15.9 Å². The third-order valence-corrected chi connectivity index (χ3v) is 6.41. The average Bonchev–Trinajstić information content (AvgIpc) is 2.68. The molecule has 1 aliphatic heterocycles.